The zero-order valence-corrected chi connectivity index (χ0v) is 13.1. The molecule has 120 valence electrons. The maximum atomic E-state index is 12.4. The van der Waals surface area contributed by atoms with Gasteiger partial charge in [0.25, 0.3) is 0 Å². The van der Waals surface area contributed by atoms with Crippen molar-refractivity contribution in [3.05, 3.63) is 0 Å². The summed E-state index contributed by atoms with van der Waals surface area (Å²) in [6, 6.07) is -0.378. The molecular formula is C14H24N2O5. The van der Waals surface area contributed by atoms with E-state index < -0.39 is 11.5 Å². The normalized spacial score (nSPS) is 19.0. The Balaban J connectivity index is 2.74. The molecule has 0 aromatic carbocycles. The average molecular weight is 300 g/mol. The molecule has 0 spiro atoms. The molecule has 1 unspecified atom stereocenters. The number of carbonyl (C=O) groups excluding carboxylic acids is 2. The Morgan fingerprint density at radius 1 is 1.38 bits per heavy atom. The molecule has 0 aromatic rings. The van der Waals surface area contributed by atoms with E-state index in [1.165, 1.54) is 30.7 Å². The number of ether oxygens (including phenoxy) is 1. The van der Waals surface area contributed by atoms with Crippen molar-refractivity contribution in [3.63, 3.8) is 0 Å². The van der Waals surface area contributed by atoms with Crippen molar-refractivity contribution in [1.82, 2.24) is 9.80 Å². The van der Waals surface area contributed by atoms with E-state index in [9.17, 15) is 19.5 Å². The summed E-state index contributed by atoms with van der Waals surface area (Å²) in [7, 11) is 1.46. The molecule has 21 heavy (non-hydrogen) atoms. The molecule has 1 aliphatic rings. The van der Waals surface area contributed by atoms with Crippen molar-refractivity contribution in [2.45, 2.75) is 39.2 Å². The predicted octanol–water partition coefficient (Wildman–Crippen LogP) is 1.18. The highest BCUT2D eigenvalue weighted by molar-refractivity contribution is 5.85. The van der Waals surface area contributed by atoms with Gasteiger partial charge in [-0.15, -0.1) is 0 Å². The molecule has 1 heterocycles. The summed E-state index contributed by atoms with van der Waals surface area (Å²) in [6.07, 6.45) is 1.39. The summed E-state index contributed by atoms with van der Waals surface area (Å²) in [5, 5.41) is 9.18. The van der Waals surface area contributed by atoms with E-state index in [1.54, 1.807) is 6.92 Å². The monoisotopic (exact) mass is 300 g/mol. The van der Waals surface area contributed by atoms with Gasteiger partial charge in [-0.3, -0.25) is 4.79 Å². The van der Waals surface area contributed by atoms with Crippen LogP contribution in [-0.2, 0) is 14.3 Å². The molecule has 1 aliphatic heterocycles. The number of esters is 1. The third-order valence-electron chi connectivity index (χ3n) is 3.96. The fraction of sp³-hybridized carbons (Fsp3) is 0.786. The topological polar surface area (TPSA) is 87.2 Å². The number of hydrogen-bond acceptors (Lipinski definition) is 4. The number of carboxylic acids is 1. The number of amides is 2. The lowest BCUT2D eigenvalue weighted by Gasteiger charge is -2.39. The summed E-state index contributed by atoms with van der Waals surface area (Å²) in [5.41, 5.74) is -1.30. The average Bonchev–Trinajstić information content (AvgIpc) is 2.45. The molecule has 0 aliphatic carbocycles. The molecule has 0 aromatic heterocycles. The van der Waals surface area contributed by atoms with Crippen LogP contribution in [0.4, 0.5) is 4.79 Å². The smallest absolute Gasteiger partial charge is 0.329 e. The van der Waals surface area contributed by atoms with Crippen molar-refractivity contribution >= 4 is 18.0 Å². The first-order chi connectivity index (χ1) is 9.71. The Kier molecular flexibility index (Phi) is 5.57. The Bertz CT molecular complexity index is 422. The predicted molar refractivity (Wildman–Crippen MR) is 75.8 cm³/mol. The third-order valence-corrected chi connectivity index (χ3v) is 3.96. The van der Waals surface area contributed by atoms with Crippen LogP contribution >= 0.6 is 0 Å². The molecule has 0 radical (unpaired) electrons. The second-order valence-electron chi connectivity index (χ2n) is 5.74. The van der Waals surface area contributed by atoms with Gasteiger partial charge in [0, 0.05) is 20.1 Å². The fourth-order valence-corrected chi connectivity index (χ4v) is 2.20. The lowest BCUT2D eigenvalue weighted by atomic mass is 9.98. The number of likely N-dealkylation sites (N-methyl/N-ethyl adjacent to an activating group) is 1. The number of hydrogen-bond donors (Lipinski definition) is 1. The van der Waals surface area contributed by atoms with Gasteiger partial charge in [-0.05, 0) is 33.6 Å². The molecule has 1 N–H and O–H groups in total. The van der Waals surface area contributed by atoms with Crippen LogP contribution in [0.1, 0.15) is 33.6 Å². The van der Waals surface area contributed by atoms with Crippen LogP contribution in [0, 0.1) is 5.92 Å². The maximum absolute atomic E-state index is 12.4. The number of piperidine rings is 1. The van der Waals surface area contributed by atoms with Gasteiger partial charge in [0.15, 0.2) is 0 Å². The number of urea groups is 1. The first kappa shape index (κ1) is 17.3. The molecule has 1 rings (SSSR count). The molecule has 7 nitrogen and oxygen atoms in total. The highest BCUT2D eigenvalue weighted by Gasteiger charge is 2.39. The van der Waals surface area contributed by atoms with Crippen molar-refractivity contribution in [3.8, 4) is 0 Å². The fourth-order valence-electron chi connectivity index (χ4n) is 2.20. The van der Waals surface area contributed by atoms with Crippen LogP contribution in [0.5, 0.6) is 0 Å². The van der Waals surface area contributed by atoms with Crippen molar-refractivity contribution < 1.29 is 24.2 Å². The maximum Gasteiger partial charge on any atom is 0.329 e. The van der Waals surface area contributed by atoms with Crippen LogP contribution in [0.25, 0.3) is 0 Å². The molecule has 1 saturated heterocycles. The zero-order valence-electron chi connectivity index (χ0n) is 13.1. The second-order valence-corrected chi connectivity index (χ2v) is 5.74. The van der Waals surface area contributed by atoms with E-state index in [0.717, 1.165) is 0 Å². The molecule has 1 atom stereocenters. The second kappa shape index (κ2) is 6.78. The quantitative estimate of drug-likeness (QED) is 0.788. The summed E-state index contributed by atoms with van der Waals surface area (Å²) in [4.78, 5) is 38.1. The highest BCUT2D eigenvalue weighted by atomic mass is 16.5. The molecule has 7 heteroatoms. The van der Waals surface area contributed by atoms with E-state index in [0.29, 0.717) is 26.0 Å². The van der Waals surface area contributed by atoms with E-state index in [2.05, 4.69) is 0 Å². The minimum atomic E-state index is -1.30. The lowest BCUT2D eigenvalue weighted by Crippen LogP contribution is -2.57. The van der Waals surface area contributed by atoms with Crippen molar-refractivity contribution in [2.75, 3.05) is 26.7 Å². The molecule has 0 bridgehead atoms. The van der Waals surface area contributed by atoms with Crippen LogP contribution in [0.3, 0.4) is 0 Å². The Morgan fingerprint density at radius 2 is 2.00 bits per heavy atom. The standard InChI is InChI=1S/C14H24N2O5/c1-5-21-11(17)10-7-6-8-16(9-10)13(20)15(4)14(2,3)12(18)19/h10H,5-9H2,1-4H3,(H,18,19). The van der Waals surface area contributed by atoms with Gasteiger partial charge in [0.2, 0.25) is 0 Å². The van der Waals surface area contributed by atoms with Gasteiger partial charge in [0.1, 0.15) is 5.54 Å². The van der Waals surface area contributed by atoms with Crippen molar-refractivity contribution in [1.29, 1.82) is 0 Å². The van der Waals surface area contributed by atoms with E-state index in [-0.39, 0.29) is 24.5 Å². The first-order valence-corrected chi connectivity index (χ1v) is 7.14. The van der Waals surface area contributed by atoms with E-state index >= 15 is 0 Å². The Morgan fingerprint density at radius 3 is 2.52 bits per heavy atom. The minimum Gasteiger partial charge on any atom is -0.480 e. The van der Waals surface area contributed by atoms with Gasteiger partial charge in [0.05, 0.1) is 12.5 Å². The third kappa shape index (κ3) is 3.86. The minimum absolute atomic E-state index is 0.276. The summed E-state index contributed by atoms with van der Waals surface area (Å²) >= 11 is 0. The molecular weight excluding hydrogens is 276 g/mol. The SMILES string of the molecule is CCOC(=O)C1CCCN(C(=O)N(C)C(C)(C)C(=O)O)C1. The van der Waals surface area contributed by atoms with Gasteiger partial charge < -0.3 is 19.6 Å². The number of aliphatic carboxylic acids is 1. The van der Waals surface area contributed by atoms with Gasteiger partial charge in [-0.2, -0.15) is 0 Å². The highest BCUT2D eigenvalue weighted by Crippen LogP contribution is 2.21. The van der Waals surface area contributed by atoms with Crippen molar-refractivity contribution in [2.24, 2.45) is 5.92 Å². The van der Waals surface area contributed by atoms with E-state index in [4.69, 9.17) is 4.74 Å². The number of rotatable bonds is 4. The first-order valence-electron chi connectivity index (χ1n) is 7.14. The molecule has 2 amide bonds. The number of nitrogens with zero attached hydrogens (tertiary/aromatic N) is 2. The summed E-state index contributed by atoms with van der Waals surface area (Å²) < 4.78 is 4.99. The number of carboxylic acid groups (broad SMARTS) is 1. The Hall–Kier alpha value is -1.79. The lowest BCUT2D eigenvalue weighted by molar-refractivity contribution is -0.150. The number of likely N-dealkylation sites (tertiary alicyclic amines) is 1. The van der Waals surface area contributed by atoms with Crippen LogP contribution in [-0.4, -0.2) is 65.2 Å². The summed E-state index contributed by atoms with van der Waals surface area (Å²) in [6.45, 7) is 5.80. The Labute approximate surface area is 124 Å². The van der Waals surface area contributed by atoms with Gasteiger partial charge in [-0.25, -0.2) is 9.59 Å². The number of carbonyl (C=O) groups is 3. The largest absolute Gasteiger partial charge is 0.480 e. The van der Waals surface area contributed by atoms with E-state index in [1.807, 2.05) is 0 Å². The van der Waals surface area contributed by atoms with Crippen LogP contribution < -0.4 is 0 Å². The molecule has 0 saturated carbocycles. The molecule has 1 fully saturated rings. The summed E-state index contributed by atoms with van der Waals surface area (Å²) in [5.74, 6) is -1.70. The van der Waals surface area contributed by atoms with Crippen LogP contribution in [0.15, 0.2) is 0 Å². The van der Waals surface area contributed by atoms with Crippen LogP contribution in [0.2, 0.25) is 0 Å². The zero-order chi connectivity index (χ0) is 16.2. The van der Waals surface area contributed by atoms with Gasteiger partial charge in [-0.1, -0.05) is 0 Å². The van der Waals surface area contributed by atoms with Gasteiger partial charge >= 0.3 is 18.0 Å².